The topological polar surface area (TPSA) is 108 Å². The molecule has 2 saturated heterocycles. The summed E-state index contributed by atoms with van der Waals surface area (Å²) in [5.41, 5.74) is 3.94. The fourth-order valence-corrected chi connectivity index (χ4v) is 5.46. The van der Waals surface area contributed by atoms with Crippen molar-refractivity contribution in [2.45, 2.75) is 95.9 Å². The second-order valence-electron chi connectivity index (χ2n) is 11.0. The van der Waals surface area contributed by atoms with Gasteiger partial charge in [0.2, 0.25) is 5.91 Å². The minimum Gasteiger partial charge on any atom is -0.481 e. The molecule has 0 aliphatic carbocycles. The molecule has 0 radical (unpaired) electrons. The minimum absolute atomic E-state index is 0.0110. The molecule has 2 aliphatic rings. The molecule has 0 saturated carbocycles. The summed E-state index contributed by atoms with van der Waals surface area (Å²) in [6.45, 7) is 3.62. The van der Waals surface area contributed by atoms with E-state index in [0.717, 1.165) is 67.6 Å². The number of aliphatic hydroxyl groups excluding tert-OH is 1. The summed E-state index contributed by atoms with van der Waals surface area (Å²) in [6.07, 6.45) is 7.82. The smallest absolute Gasteiger partial charge is 0.303 e. The number of amides is 1. The van der Waals surface area contributed by atoms with E-state index in [2.05, 4.69) is 10.2 Å². The molecule has 3 N–H and O–H groups in total. The summed E-state index contributed by atoms with van der Waals surface area (Å²) in [4.78, 5) is 25.3. The van der Waals surface area contributed by atoms with Gasteiger partial charge in [-0.05, 0) is 55.5 Å². The Kier molecular flexibility index (Phi) is 12.0. The number of carbonyl (C=O) groups is 2. The Morgan fingerprint density at radius 3 is 2.15 bits per heavy atom. The second-order valence-corrected chi connectivity index (χ2v) is 11.0. The van der Waals surface area contributed by atoms with Crippen molar-refractivity contribution in [3.8, 4) is 0 Å². The van der Waals surface area contributed by atoms with Gasteiger partial charge in [-0.25, -0.2) is 0 Å². The predicted molar refractivity (Wildman–Crippen MR) is 152 cm³/mol. The van der Waals surface area contributed by atoms with Gasteiger partial charge in [0.05, 0.1) is 18.8 Å². The van der Waals surface area contributed by atoms with Gasteiger partial charge in [-0.3, -0.25) is 9.59 Å². The highest BCUT2D eigenvalue weighted by molar-refractivity contribution is 5.75. The van der Waals surface area contributed by atoms with Gasteiger partial charge in [-0.1, -0.05) is 67.8 Å². The average molecular weight is 553 g/mol. The molecule has 8 heteroatoms. The maximum atomic E-state index is 12.2. The molecule has 2 aromatic rings. The molecule has 1 amide bonds. The van der Waals surface area contributed by atoms with Gasteiger partial charge >= 0.3 is 5.97 Å². The molecule has 40 heavy (non-hydrogen) atoms. The monoisotopic (exact) mass is 552 g/mol. The predicted octanol–water partition coefficient (Wildman–Crippen LogP) is 5.25. The number of carbonyl (C=O) groups excluding carboxylic acids is 1. The summed E-state index contributed by atoms with van der Waals surface area (Å²) >= 11 is 0. The van der Waals surface area contributed by atoms with Gasteiger partial charge in [-0.2, -0.15) is 0 Å². The molecular weight excluding hydrogens is 508 g/mol. The van der Waals surface area contributed by atoms with Crippen LogP contribution in [0.2, 0.25) is 0 Å². The molecular formula is C32H44N2O6. The minimum atomic E-state index is -0.768. The Balaban J connectivity index is 1.31. The number of benzene rings is 2. The number of ether oxygens (including phenoxy) is 2. The second kappa shape index (κ2) is 15.9. The zero-order valence-electron chi connectivity index (χ0n) is 23.4. The van der Waals surface area contributed by atoms with Crippen molar-refractivity contribution in [2.75, 3.05) is 19.6 Å². The number of carboxylic acids is 1. The number of aliphatic carboxylic acids is 1. The third-order valence-corrected chi connectivity index (χ3v) is 7.81. The molecule has 3 atom stereocenters. The van der Waals surface area contributed by atoms with Gasteiger partial charge in [0.1, 0.15) is 0 Å². The lowest BCUT2D eigenvalue weighted by atomic mass is 9.99. The molecule has 0 aromatic heterocycles. The Hall–Kier alpha value is -2.78. The van der Waals surface area contributed by atoms with Crippen molar-refractivity contribution in [1.82, 2.24) is 10.2 Å². The molecule has 2 aromatic carbocycles. The van der Waals surface area contributed by atoms with Crippen LogP contribution in [0, 0.1) is 0 Å². The number of carboxylic acid groups (broad SMARTS) is 1. The standard InChI is InChI=1S/C32H44N2O6/c35-23-25-12-14-26(15-13-25)29-20-28(22-34-18-6-3-7-19-34)39-32(40-29)27-16-10-24(11-17-27)21-33-30(36)8-4-1-2-5-9-31(37)38/h10-17,28-29,32,35H,1-9,18-23H2,(H,33,36)(H,37,38). The molecule has 0 spiro atoms. The average Bonchev–Trinajstić information content (AvgIpc) is 2.98. The lowest BCUT2D eigenvalue weighted by molar-refractivity contribution is -0.253. The van der Waals surface area contributed by atoms with Gasteiger partial charge in [-0.15, -0.1) is 0 Å². The molecule has 2 fully saturated rings. The van der Waals surface area contributed by atoms with Crippen molar-refractivity contribution in [3.05, 3.63) is 70.8 Å². The van der Waals surface area contributed by atoms with E-state index in [-0.39, 0.29) is 31.1 Å². The summed E-state index contributed by atoms with van der Waals surface area (Å²) in [7, 11) is 0. The van der Waals surface area contributed by atoms with Crippen molar-refractivity contribution >= 4 is 11.9 Å². The summed E-state index contributed by atoms with van der Waals surface area (Å²) in [5, 5.41) is 21.1. The van der Waals surface area contributed by atoms with E-state index in [1.54, 1.807) is 0 Å². The van der Waals surface area contributed by atoms with Crippen molar-refractivity contribution in [3.63, 3.8) is 0 Å². The number of aliphatic hydroxyl groups is 1. The molecule has 218 valence electrons. The van der Waals surface area contributed by atoms with Gasteiger partial charge in [0.15, 0.2) is 6.29 Å². The molecule has 0 bridgehead atoms. The van der Waals surface area contributed by atoms with Crippen LogP contribution in [-0.4, -0.2) is 52.7 Å². The highest BCUT2D eigenvalue weighted by Gasteiger charge is 2.33. The number of hydrogen-bond donors (Lipinski definition) is 3. The Labute approximate surface area is 237 Å². The van der Waals surface area contributed by atoms with Crippen LogP contribution in [0.3, 0.4) is 0 Å². The fraction of sp³-hybridized carbons (Fsp3) is 0.562. The van der Waals surface area contributed by atoms with Crippen LogP contribution in [0.1, 0.15) is 98.9 Å². The molecule has 2 aliphatic heterocycles. The first-order valence-electron chi connectivity index (χ1n) is 14.8. The number of hydrogen-bond acceptors (Lipinski definition) is 6. The van der Waals surface area contributed by atoms with E-state index in [1.165, 1.54) is 19.3 Å². The SMILES string of the molecule is O=C(O)CCCCCCC(=O)NCc1ccc(C2OC(CN3CCCCC3)CC(c3ccc(CO)cc3)O2)cc1. The van der Waals surface area contributed by atoms with Gasteiger partial charge < -0.3 is 29.9 Å². The zero-order valence-corrected chi connectivity index (χ0v) is 23.4. The summed E-state index contributed by atoms with van der Waals surface area (Å²) in [6, 6.07) is 16.0. The third-order valence-electron chi connectivity index (χ3n) is 7.81. The number of rotatable bonds is 14. The number of nitrogens with one attached hydrogen (secondary N) is 1. The first-order valence-corrected chi connectivity index (χ1v) is 14.8. The van der Waals surface area contributed by atoms with E-state index < -0.39 is 12.3 Å². The number of likely N-dealkylation sites (tertiary alicyclic amines) is 1. The van der Waals surface area contributed by atoms with Crippen LogP contribution < -0.4 is 5.32 Å². The summed E-state index contributed by atoms with van der Waals surface area (Å²) < 4.78 is 13.0. The third kappa shape index (κ3) is 9.70. The Morgan fingerprint density at radius 2 is 1.48 bits per heavy atom. The maximum Gasteiger partial charge on any atom is 0.303 e. The molecule has 8 nitrogen and oxygen atoms in total. The molecule has 4 rings (SSSR count). The van der Waals surface area contributed by atoms with E-state index in [0.29, 0.717) is 19.4 Å². The normalized spacial score (nSPS) is 21.7. The number of nitrogens with zero attached hydrogens (tertiary/aromatic N) is 1. The van der Waals surface area contributed by atoms with Gasteiger partial charge in [0.25, 0.3) is 0 Å². The van der Waals surface area contributed by atoms with E-state index in [9.17, 15) is 14.7 Å². The maximum absolute atomic E-state index is 12.2. The highest BCUT2D eigenvalue weighted by Crippen LogP contribution is 2.38. The first-order chi connectivity index (χ1) is 19.5. The zero-order chi connectivity index (χ0) is 28.2. The quantitative estimate of drug-likeness (QED) is 0.275. The van der Waals surface area contributed by atoms with E-state index in [4.69, 9.17) is 14.6 Å². The van der Waals surface area contributed by atoms with E-state index in [1.807, 2.05) is 48.5 Å². The molecule has 2 heterocycles. The first kappa shape index (κ1) is 30.2. The van der Waals surface area contributed by atoms with E-state index >= 15 is 0 Å². The fourth-order valence-electron chi connectivity index (χ4n) is 5.46. The van der Waals surface area contributed by atoms with Crippen LogP contribution in [0.5, 0.6) is 0 Å². The van der Waals surface area contributed by atoms with Crippen LogP contribution in [0.25, 0.3) is 0 Å². The van der Waals surface area contributed by atoms with Gasteiger partial charge in [0, 0.05) is 37.9 Å². The van der Waals surface area contributed by atoms with Crippen molar-refractivity contribution in [2.24, 2.45) is 0 Å². The summed E-state index contributed by atoms with van der Waals surface area (Å²) in [5.74, 6) is -0.757. The lowest BCUT2D eigenvalue weighted by Gasteiger charge is -2.39. The largest absolute Gasteiger partial charge is 0.481 e. The number of piperidine rings is 1. The Morgan fingerprint density at radius 1 is 0.825 bits per heavy atom. The van der Waals surface area contributed by atoms with Crippen LogP contribution in [-0.2, 0) is 32.2 Å². The highest BCUT2D eigenvalue weighted by atomic mass is 16.7. The molecule has 3 unspecified atom stereocenters. The van der Waals surface area contributed by atoms with Crippen LogP contribution >= 0.6 is 0 Å². The Bertz CT molecular complexity index is 1050. The lowest BCUT2D eigenvalue weighted by Crippen LogP contribution is -2.41. The van der Waals surface area contributed by atoms with Crippen molar-refractivity contribution < 1.29 is 29.3 Å². The van der Waals surface area contributed by atoms with Crippen LogP contribution in [0.15, 0.2) is 48.5 Å². The number of unbranched alkanes of at least 4 members (excludes halogenated alkanes) is 3. The van der Waals surface area contributed by atoms with Crippen LogP contribution in [0.4, 0.5) is 0 Å². The van der Waals surface area contributed by atoms with Crippen molar-refractivity contribution in [1.29, 1.82) is 0 Å².